The monoisotopic (exact) mass is 430 g/mol. The summed E-state index contributed by atoms with van der Waals surface area (Å²) in [7, 11) is 0. The average Bonchev–Trinajstić information content (AvgIpc) is 3.05. The maximum absolute atomic E-state index is 12.4. The fraction of sp³-hybridized carbons (Fsp3) is 0.893. The Bertz CT molecular complexity index is 711. The molecule has 0 aromatic heterocycles. The Kier molecular flexibility index (Phi) is 6.40. The van der Waals surface area contributed by atoms with Crippen molar-refractivity contribution < 1.29 is 15.0 Å². The van der Waals surface area contributed by atoms with Crippen LogP contribution in [0.1, 0.15) is 98.8 Å². The lowest BCUT2D eigenvalue weighted by molar-refractivity contribution is -0.147. The molecule has 31 heavy (non-hydrogen) atoms. The highest BCUT2D eigenvalue weighted by molar-refractivity contribution is 5.70. The third-order valence-electron chi connectivity index (χ3n) is 11.0. The van der Waals surface area contributed by atoms with E-state index in [0.717, 1.165) is 50.9 Å². The van der Waals surface area contributed by atoms with E-state index in [1.807, 2.05) is 0 Å². The van der Waals surface area contributed by atoms with Gasteiger partial charge in [0.05, 0.1) is 12.0 Å². The number of carbonyl (C=O) groups is 1. The van der Waals surface area contributed by atoms with E-state index in [1.54, 1.807) is 0 Å². The molecule has 3 nitrogen and oxygen atoms in total. The normalized spacial score (nSPS) is 44.1. The SMILES string of the molecule is CC(C)[C@@H](C)CC[C@@H](C(=O)O)[C@H]1CCC2C3CC=C4C[C@@H](O)CC[C@]4(C)C3CC[C@@]21C. The summed E-state index contributed by atoms with van der Waals surface area (Å²) < 4.78 is 0. The molecule has 4 aliphatic carbocycles. The molecule has 9 atom stereocenters. The molecule has 0 aromatic carbocycles. The minimum absolute atomic E-state index is 0.148. The van der Waals surface area contributed by atoms with E-state index in [1.165, 1.54) is 24.8 Å². The molecule has 3 unspecified atom stereocenters. The maximum atomic E-state index is 12.4. The number of aliphatic carboxylic acids is 1. The van der Waals surface area contributed by atoms with Gasteiger partial charge in [0.1, 0.15) is 0 Å². The van der Waals surface area contributed by atoms with Gasteiger partial charge in [0.25, 0.3) is 0 Å². The van der Waals surface area contributed by atoms with E-state index in [0.29, 0.717) is 29.6 Å². The minimum Gasteiger partial charge on any atom is -0.481 e. The molecule has 0 amide bonds. The van der Waals surface area contributed by atoms with Gasteiger partial charge in [-0.25, -0.2) is 0 Å². The van der Waals surface area contributed by atoms with Crippen molar-refractivity contribution in [2.45, 2.75) is 105 Å². The Morgan fingerprint density at radius 1 is 1.06 bits per heavy atom. The molecular weight excluding hydrogens is 384 g/mol. The van der Waals surface area contributed by atoms with E-state index in [4.69, 9.17) is 0 Å². The summed E-state index contributed by atoms with van der Waals surface area (Å²) in [6.45, 7) is 11.7. The van der Waals surface area contributed by atoms with Crippen molar-refractivity contribution in [3.63, 3.8) is 0 Å². The molecule has 3 heteroatoms. The van der Waals surface area contributed by atoms with Crippen molar-refractivity contribution in [2.75, 3.05) is 0 Å². The minimum atomic E-state index is -0.552. The standard InChI is InChI=1S/C28H46O3/c1-17(2)18(3)6-8-22(26(30)31)24-11-10-23-21-9-7-19-16-20(29)12-14-27(19,4)25(21)13-15-28(23,24)5/h7,17-18,20-25,29H,6,8-16H2,1-5H3,(H,30,31)/t18-,20-,21?,22+,23?,24+,25?,27-,28-/m0/s1. The molecule has 3 fully saturated rings. The van der Waals surface area contributed by atoms with Crippen molar-refractivity contribution >= 4 is 5.97 Å². The zero-order valence-electron chi connectivity index (χ0n) is 20.6. The third-order valence-corrected chi connectivity index (χ3v) is 11.0. The number of aliphatic hydroxyl groups excluding tert-OH is 1. The fourth-order valence-electron chi connectivity index (χ4n) is 8.62. The number of rotatable bonds is 6. The first-order chi connectivity index (χ1) is 14.6. The highest BCUT2D eigenvalue weighted by Gasteiger charge is 2.60. The van der Waals surface area contributed by atoms with Crippen LogP contribution >= 0.6 is 0 Å². The first-order valence-electron chi connectivity index (χ1n) is 13.2. The zero-order valence-corrected chi connectivity index (χ0v) is 20.6. The van der Waals surface area contributed by atoms with Gasteiger partial charge in [-0.15, -0.1) is 0 Å². The summed E-state index contributed by atoms with van der Waals surface area (Å²) in [6, 6.07) is 0. The lowest BCUT2D eigenvalue weighted by Gasteiger charge is -2.58. The number of aliphatic hydroxyl groups is 1. The van der Waals surface area contributed by atoms with E-state index in [9.17, 15) is 15.0 Å². The third kappa shape index (κ3) is 3.91. The van der Waals surface area contributed by atoms with Crippen molar-refractivity contribution in [1.29, 1.82) is 0 Å². The van der Waals surface area contributed by atoms with Crippen molar-refractivity contribution in [3.8, 4) is 0 Å². The summed E-state index contributed by atoms with van der Waals surface area (Å²) >= 11 is 0. The number of hydrogen-bond donors (Lipinski definition) is 2. The molecule has 0 aromatic rings. The molecule has 3 saturated carbocycles. The predicted octanol–water partition coefficient (Wildman–Crippen LogP) is 6.70. The van der Waals surface area contributed by atoms with Gasteiger partial charge in [-0.2, -0.15) is 0 Å². The van der Waals surface area contributed by atoms with E-state index in [2.05, 4.69) is 40.7 Å². The number of carboxylic acids is 1. The molecule has 0 saturated heterocycles. The van der Waals surface area contributed by atoms with Crippen LogP contribution in [0.4, 0.5) is 0 Å². The first-order valence-corrected chi connectivity index (χ1v) is 13.2. The molecule has 0 aliphatic heterocycles. The van der Waals surface area contributed by atoms with Gasteiger partial charge >= 0.3 is 5.97 Å². The summed E-state index contributed by atoms with van der Waals surface area (Å²) in [5.41, 5.74) is 1.97. The molecule has 0 heterocycles. The first kappa shape index (κ1) is 23.3. The molecule has 0 radical (unpaired) electrons. The van der Waals surface area contributed by atoms with Crippen molar-refractivity contribution in [3.05, 3.63) is 11.6 Å². The second-order valence-corrected chi connectivity index (χ2v) is 12.6. The highest BCUT2D eigenvalue weighted by atomic mass is 16.4. The van der Waals surface area contributed by atoms with Crippen LogP contribution < -0.4 is 0 Å². The lowest BCUT2D eigenvalue weighted by Crippen LogP contribution is -2.51. The van der Waals surface area contributed by atoms with Gasteiger partial charge in [0.2, 0.25) is 0 Å². The second-order valence-electron chi connectivity index (χ2n) is 12.6. The van der Waals surface area contributed by atoms with E-state index < -0.39 is 5.97 Å². The number of fused-ring (bicyclic) bond motifs is 5. The van der Waals surface area contributed by atoms with Crippen LogP contribution in [0.15, 0.2) is 11.6 Å². The molecule has 2 N–H and O–H groups in total. The summed E-state index contributed by atoms with van der Waals surface area (Å²) in [6.07, 6.45) is 13.1. The Hall–Kier alpha value is -0.830. The van der Waals surface area contributed by atoms with Gasteiger partial charge < -0.3 is 10.2 Å². The molecule has 4 rings (SSSR count). The van der Waals surface area contributed by atoms with E-state index >= 15 is 0 Å². The summed E-state index contributed by atoms with van der Waals surface area (Å²) in [4.78, 5) is 12.4. The Labute approximate surface area is 190 Å². The molecule has 176 valence electrons. The van der Waals surface area contributed by atoms with Crippen LogP contribution in [0, 0.1) is 52.3 Å². The smallest absolute Gasteiger partial charge is 0.306 e. The zero-order chi connectivity index (χ0) is 22.6. The highest BCUT2D eigenvalue weighted by Crippen LogP contribution is 2.67. The predicted molar refractivity (Wildman–Crippen MR) is 126 cm³/mol. The van der Waals surface area contributed by atoms with Crippen molar-refractivity contribution in [1.82, 2.24) is 0 Å². The Balaban J connectivity index is 1.54. The molecule has 0 spiro atoms. The van der Waals surface area contributed by atoms with Crippen LogP contribution in [0.25, 0.3) is 0 Å². The molecule has 0 bridgehead atoms. The largest absolute Gasteiger partial charge is 0.481 e. The Morgan fingerprint density at radius 2 is 1.81 bits per heavy atom. The van der Waals surface area contributed by atoms with Crippen LogP contribution in [-0.2, 0) is 4.79 Å². The van der Waals surface area contributed by atoms with Crippen LogP contribution in [0.5, 0.6) is 0 Å². The fourth-order valence-corrected chi connectivity index (χ4v) is 8.62. The van der Waals surface area contributed by atoms with Crippen LogP contribution in [-0.4, -0.2) is 22.3 Å². The molecule has 4 aliphatic rings. The average molecular weight is 431 g/mol. The van der Waals surface area contributed by atoms with Gasteiger partial charge in [0.15, 0.2) is 0 Å². The topological polar surface area (TPSA) is 57.5 Å². The van der Waals surface area contributed by atoms with E-state index in [-0.39, 0.29) is 22.9 Å². The summed E-state index contributed by atoms with van der Waals surface area (Å²) in [5, 5.41) is 20.4. The van der Waals surface area contributed by atoms with Gasteiger partial charge in [-0.3, -0.25) is 4.79 Å². The van der Waals surface area contributed by atoms with Gasteiger partial charge in [0, 0.05) is 0 Å². The van der Waals surface area contributed by atoms with Gasteiger partial charge in [-0.1, -0.05) is 46.3 Å². The van der Waals surface area contributed by atoms with Gasteiger partial charge in [-0.05, 0) is 111 Å². The lowest BCUT2D eigenvalue weighted by atomic mass is 9.47. The quantitative estimate of drug-likeness (QED) is 0.461. The second kappa shape index (κ2) is 8.50. The maximum Gasteiger partial charge on any atom is 0.306 e. The summed E-state index contributed by atoms with van der Waals surface area (Å²) in [5.74, 6) is 2.91. The molecular formula is C28H46O3. The van der Waals surface area contributed by atoms with Crippen LogP contribution in [0.3, 0.4) is 0 Å². The number of allylic oxidation sites excluding steroid dienone is 1. The number of carboxylic acid groups (broad SMARTS) is 1. The Morgan fingerprint density at radius 3 is 2.48 bits per heavy atom. The van der Waals surface area contributed by atoms with Crippen molar-refractivity contribution in [2.24, 2.45) is 52.3 Å². The number of hydrogen-bond acceptors (Lipinski definition) is 2. The van der Waals surface area contributed by atoms with Crippen LogP contribution in [0.2, 0.25) is 0 Å².